The minimum absolute atomic E-state index is 0.221. The van der Waals surface area contributed by atoms with E-state index in [2.05, 4.69) is 6.92 Å². The van der Waals surface area contributed by atoms with Gasteiger partial charge in [0.2, 0.25) is 0 Å². The zero-order valence-corrected chi connectivity index (χ0v) is 11.4. The Kier molecular flexibility index (Phi) is 4.43. The lowest BCUT2D eigenvalue weighted by Crippen LogP contribution is -2.43. The fourth-order valence-electron chi connectivity index (χ4n) is 1.87. The summed E-state index contributed by atoms with van der Waals surface area (Å²) in [7, 11) is 1.65. The van der Waals surface area contributed by atoms with E-state index in [0.717, 1.165) is 6.42 Å². The highest BCUT2D eigenvalue weighted by atomic mass is 16.6. The van der Waals surface area contributed by atoms with Gasteiger partial charge in [0.25, 0.3) is 0 Å². The Morgan fingerprint density at radius 2 is 2.12 bits per heavy atom. The van der Waals surface area contributed by atoms with Gasteiger partial charge in [0.15, 0.2) is 0 Å². The summed E-state index contributed by atoms with van der Waals surface area (Å²) in [5, 5.41) is 0. The van der Waals surface area contributed by atoms with Gasteiger partial charge in [-0.05, 0) is 38.7 Å². The number of ether oxygens (including phenoxy) is 2. The number of nitrogens with zero attached hydrogens (tertiary/aromatic N) is 1. The summed E-state index contributed by atoms with van der Waals surface area (Å²) in [5.41, 5.74) is 0.829. The third-order valence-electron chi connectivity index (χ3n) is 2.72. The molecular weight excluding hydrogens is 218 g/mol. The summed E-state index contributed by atoms with van der Waals surface area (Å²) >= 11 is 0. The number of hydrogen-bond donors (Lipinski definition) is 0. The normalized spacial score (nSPS) is 23.7. The zero-order valence-electron chi connectivity index (χ0n) is 11.4. The molecular formula is C13H23NO3. The van der Waals surface area contributed by atoms with Crippen molar-refractivity contribution in [3.05, 3.63) is 11.8 Å². The van der Waals surface area contributed by atoms with Crippen molar-refractivity contribution in [2.24, 2.45) is 5.92 Å². The number of amides is 1. The molecule has 1 aliphatic heterocycles. The Bertz CT molecular complexity index is 304. The molecule has 0 bridgehead atoms. The Hall–Kier alpha value is -1.19. The molecule has 98 valence electrons. The summed E-state index contributed by atoms with van der Waals surface area (Å²) < 4.78 is 10.4. The average Bonchev–Trinajstić information content (AvgIpc) is 2.18. The molecule has 4 nitrogen and oxygen atoms in total. The van der Waals surface area contributed by atoms with Crippen LogP contribution in [0.5, 0.6) is 0 Å². The van der Waals surface area contributed by atoms with Crippen LogP contribution in [0.15, 0.2) is 11.8 Å². The topological polar surface area (TPSA) is 38.8 Å². The Morgan fingerprint density at radius 3 is 2.59 bits per heavy atom. The standard InChI is InChI=1S/C13H23NO3/c1-10-8-14(7-6-11(10)9-16-5)12(15)17-13(2,3)4/h9-10H,6-8H2,1-5H3/b11-9+. The van der Waals surface area contributed by atoms with E-state index < -0.39 is 5.60 Å². The van der Waals surface area contributed by atoms with Crippen molar-refractivity contribution < 1.29 is 14.3 Å². The lowest BCUT2D eigenvalue weighted by atomic mass is 9.95. The van der Waals surface area contributed by atoms with Crippen molar-refractivity contribution >= 4 is 6.09 Å². The number of piperidine rings is 1. The molecule has 1 saturated heterocycles. The number of methoxy groups -OCH3 is 1. The number of hydrogen-bond acceptors (Lipinski definition) is 3. The van der Waals surface area contributed by atoms with Gasteiger partial charge in [-0.2, -0.15) is 0 Å². The van der Waals surface area contributed by atoms with Crippen LogP contribution in [0.3, 0.4) is 0 Å². The molecule has 0 aromatic heterocycles. The van der Waals surface area contributed by atoms with Crippen LogP contribution in [0.1, 0.15) is 34.1 Å². The van der Waals surface area contributed by atoms with Crippen molar-refractivity contribution in [2.45, 2.75) is 39.7 Å². The second-order valence-corrected chi connectivity index (χ2v) is 5.51. The summed E-state index contributed by atoms with van der Waals surface area (Å²) in [4.78, 5) is 13.6. The van der Waals surface area contributed by atoms with Gasteiger partial charge in [0.05, 0.1) is 13.4 Å². The maximum atomic E-state index is 11.9. The smallest absolute Gasteiger partial charge is 0.410 e. The monoisotopic (exact) mass is 241 g/mol. The first-order valence-electron chi connectivity index (χ1n) is 6.03. The molecule has 0 aliphatic carbocycles. The van der Waals surface area contributed by atoms with E-state index >= 15 is 0 Å². The molecule has 1 atom stereocenters. The van der Waals surface area contributed by atoms with Gasteiger partial charge in [-0.25, -0.2) is 4.79 Å². The van der Waals surface area contributed by atoms with Crippen LogP contribution >= 0.6 is 0 Å². The largest absolute Gasteiger partial charge is 0.504 e. The maximum Gasteiger partial charge on any atom is 0.410 e. The molecule has 0 spiro atoms. The number of likely N-dealkylation sites (tertiary alicyclic amines) is 1. The highest BCUT2D eigenvalue weighted by Crippen LogP contribution is 2.23. The molecule has 17 heavy (non-hydrogen) atoms. The van der Waals surface area contributed by atoms with Crippen LogP contribution in [0.4, 0.5) is 4.79 Å². The molecule has 0 radical (unpaired) electrons. The molecule has 0 aromatic carbocycles. The maximum absolute atomic E-state index is 11.9. The molecule has 1 unspecified atom stereocenters. The summed E-state index contributed by atoms with van der Waals surface area (Å²) in [6.07, 6.45) is 2.42. The first kappa shape index (κ1) is 13.9. The Morgan fingerprint density at radius 1 is 1.47 bits per heavy atom. The van der Waals surface area contributed by atoms with E-state index in [1.54, 1.807) is 18.3 Å². The van der Waals surface area contributed by atoms with E-state index in [-0.39, 0.29) is 6.09 Å². The Labute approximate surface area is 104 Å². The van der Waals surface area contributed by atoms with Crippen LogP contribution in [0.2, 0.25) is 0 Å². The quantitative estimate of drug-likeness (QED) is 0.663. The van der Waals surface area contributed by atoms with Gasteiger partial charge < -0.3 is 14.4 Å². The first-order chi connectivity index (χ1) is 7.83. The third kappa shape index (κ3) is 4.29. The predicted octanol–water partition coefficient (Wildman–Crippen LogP) is 2.79. The second kappa shape index (κ2) is 5.43. The van der Waals surface area contributed by atoms with E-state index in [9.17, 15) is 4.79 Å². The van der Waals surface area contributed by atoms with E-state index in [4.69, 9.17) is 9.47 Å². The summed E-state index contributed by atoms with van der Waals surface area (Å²) in [6, 6.07) is 0. The summed E-state index contributed by atoms with van der Waals surface area (Å²) in [5.74, 6) is 0.330. The average molecular weight is 241 g/mol. The molecule has 0 aromatic rings. The van der Waals surface area contributed by atoms with Crippen LogP contribution in [-0.4, -0.2) is 36.8 Å². The Balaban J connectivity index is 2.55. The molecule has 0 saturated carbocycles. The molecule has 1 fully saturated rings. The second-order valence-electron chi connectivity index (χ2n) is 5.51. The van der Waals surface area contributed by atoms with Gasteiger partial charge in [-0.1, -0.05) is 6.92 Å². The van der Waals surface area contributed by atoms with Crippen molar-refractivity contribution in [3.63, 3.8) is 0 Å². The molecule has 4 heteroatoms. The van der Waals surface area contributed by atoms with Gasteiger partial charge in [0.1, 0.15) is 5.60 Å². The SMILES string of the molecule is CO/C=C1\CCN(C(=O)OC(C)(C)C)CC1C. The lowest BCUT2D eigenvalue weighted by molar-refractivity contribution is 0.0206. The number of rotatable bonds is 1. The lowest BCUT2D eigenvalue weighted by Gasteiger charge is -2.34. The first-order valence-corrected chi connectivity index (χ1v) is 6.03. The van der Waals surface area contributed by atoms with Crippen molar-refractivity contribution in [3.8, 4) is 0 Å². The number of carbonyl (C=O) groups is 1. The minimum atomic E-state index is -0.428. The summed E-state index contributed by atoms with van der Waals surface area (Å²) in [6.45, 7) is 9.15. The van der Waals surface area contributed by atoms with E-state index in [0.29, 0.717) is 19.0 Å². The molecule has 1 heterocycles. The van der Waals surface area contributed by atoms with E-state index in [1.165, 1.54) is 5.57 Å². The van der Waals surface area contributed by atoms with Gasteiger partial charge in [-0.15, -0.1) is 0 Å². The van der Waals surface area contributed by atoms with Gasteiger partial charge in [0, 0.05) is 13.1 Å². The highest BCUT2D eigenvalue weighted by Gasteiger charge is 2.28. The van der Waals surface area contributed by atoms with Gasteiger partial charge >= 0.3 is 6.09 Å². The fraction of sp³-hybridized carbons (Fsp3) is 0.769. The van der Waals surface area contributed by atoms with Crippen molar-refractivity contribution in [1.29, 1.82) is 0 Å². The molecule has 0 N–H and O–H groups in total. The van der Waals surface area contributed by atoms with Crippen LogP contribution in [0.25, 0.3) is 0 Å². The third-order valence-corrected chi connectivity index (χ3v) is 2.72. The van der Waals surface area contributed by atoms with Crippen LogP contribution in [0, 0.1) is 5.92 Å². The number of carbonyl (C=O) groups excluding carboxylic acids is 1. The zero-order chi connectivity index (χ0) is 13.1. The van der Waals surface area contributed by atoms with Crippen LogP contribution < -0.4 is 0 Å². The van der Waals surface area contributed by atoms with E-state index in [1.807, 2.05) is 20.8 Å². The molecule has 1 amide bonds. The van der Waals surface area contributed by atoms with Gasteiger partial charge in [-0.3, -0.25) is 0 Å². The van der Waals surface area contributed by atoms with Crippen molar-refractivity contribution in [1.82, 2.24) is 4.90 Å². The molecule has 1 aliphatic rings. The highest BCUT2D eigenvalue weighted by molar-refractivity contribution is 5.68. The van der Waals surface area contributed by atoms with Crippen LogP contribution in [-0.2, 0) is 9.47 Å². The minimum Gasteiger partial charge on any atom is -0.504 e. The fourth-order valence-corrected chi connectivity index (χ4v) is 1.87. The predicted molar refractivity (Wildman–Crippen MR) is 66.7 cm³/mol. The molecule has 1 rings (SSSR count). The van der Waals surface area contributed by atoms with Crippen molar-refractivity contribution in [2.75, 3.05) is 20.2 Å².